The summed E-state index contributed by atoms with van der Waals surface area (Å²) >= 11 is 3.40. The lowest BCUT2D eigenvalue weighted by atomic mass is 10.3. The first kappa shape index (κ1) is 21.1. The summed E-state index contributed by atoms with van der Waals surface area (Å²) in [6.45, 7) is 0. The number of halogens is 1. The van der Waals surface area contributed by atoms with Gasteiger partial charge in [0.2, 0.25) is 17.7 Å². The van der Waals surface area contributed by atoms with E-state index in [0.717, 1.165) is 15.7 Å². The second-order valence-corrected chi connectivity index (χ2v) is 8.56. The average Bonchev–Trinajstić information content (AvgIpc) is 2.94. The van der Waals surface area contributed by atoms with E-state index in [2.05, 4.69) is 27.9 Å². The van der Waals surface area contributed by atoms with Crippen molar-refractivity contribution in [1.82, 2.24) is 0 Å². The van der Waals surface area contributed by atoms with Gasteiger partial charge in [-0.05, 0) is 65.1 Å². The van der Waals surface area contributed by atoms with Crippen molar-refractivity contribution in [2.24, 2.45) is 0 Å². The van der Waals surface area contributed by atoms with Gasteiger partial charge in [-0.3, -0.25) is 14.4 Å². The molecule has 0 aliphatic carbocycles. The number of benzene rings is 2. The molecule has 1 aliphatic rings. The number of hydrogen-bond donors (Lipinski definition) is 2. The minimum Gasteiger partial charge on any atom is -0.478 e. The van der Waals surface area contributed by atoms with E-state index in [0.29, 0.717) is 16.3 Å². The van der Waals surface area contributed by atoms with Crippen molar-refractivity contribution >= 4 is 69.4 Å². The van der Waals surface area contributed by atoms with Crippen LogP contribution in [0.5, 0.6) is 0 Å². The quantitative estimate of drug-likeness (QED) is 0.343. The van der Waals surface area contributed by atoms with Crippen molar-refractivity contribution < 1.29 is 24.3 Å². The number of nitrogens with one attached hydrogen (secondary N) is 1. The van der Waals surface area contributed by atoms with Crippen LogP contribution in [0.4, 0.5) is 11.4 Å². The predicted octanol–water partition coefficient (Wildman–Crippen LogP) is 3.29. The van der Waals surface area contributed by atoms with E-state index in [1.54, 1.807) is 36.4 Å². The third-order valence-electron chi connectivity index (χ3n) is 3.95. The summed E-state index contributed by atoms with van der Waals surface area (Å²) in [5.41, 5.74) is 1.01. The molecule has 1 atom stereocenters. The van der Waals surface area contributed by atoms with Gasteiger partial charge in [-0.2, -0.15) is 0 Å². The van der Waals surface area contributed by atoms with Crippen LogP contribution >= 0.6 is 34.4 Å². The molecule has 148 valence electrons. The van der Waals surface area contributed by atoms with Gasteiger partial charge >= 0.3 is 5.97 Å². The maximum Gasteiger partial charge on any atom is 0.328 e. The van der Waals surface area contributed by atoms with Crippen LogP contribution in [0.15, 0.2) is 65.6 Å². The van der Waals surface area contributed by atoms with Crippen LogP contribution in [0, 0.1) is 3.57 Å². The number of carbonyl (C=O) groups is 4. The van der Waals surface area contributed by atoms with Crippen LogP contribution in [-0.4, -0.2) is 34.0 Å². The number of carboxylic acids is 1. The summed E-state index contributed by atoms with van der Waals surface area (Å²) in [4.78, 5) is 49.3. The Hall–Kier alpha value is -2.66. The third kappa shape index (κ3) is 5.45. The van der Waals surface area contributed by atoms with Crippen molar-refractivity contribution in [3.63, 3.8) is 0 Å². The molecule has 0 spiro atoms. The van der Waals surface area contributed by atoms with Gasteiger partial charge in [-0.25, -0.2) is 9.69 Å². The zero-order chi connectivity index (χ0) is 21.0. The summed E-state index contributed by atoms with van der Waals surface area (Å²) < 4.78 is 1.01. The lowest BCUT2D eigenvalue weighted by molar-refractivity contribution is -0.131. The summed E-state index contributed by atoms with van der Waals surface area (Å²) in [5.74, 6) is -2.32. The smallest absolute Gasteiger partial charge is 0.328 e. The van der Waals surface area contributed by atoms with Gasteiger partial charge < -0.3 is 10.4 Å². The number of aliphatic carboxylic acids is 1. The number of carboxylic acid groups (broad SMARTS) is 1. The molecule has 3 rings (SSSR count). The lowest BCUT2D eigenvalue weighted by Gasteiger charge is -2.15. The lowest BCUT2D eigenvalue weighted by Crippen LogP contribution is -2.31. The van der Waals surface area contributed by atoms with Gasteiger partial charge in [-0.15, -0.1) is 11.8 Å². The Morgan fingerprint density at radius 2 is 1.86 bits per heavy atom. The maximum atomic E-state index is 12.8. The molecule has 1 saturated heterocycles. The second-order valence-electron chi connectivity index (χ2n) is 6.04. The highest BCUT2D eigenvalue weighted by Gasteiger charge is 2.40. The summed E-state index contributed by atoms with van der Waals surface area (Å²) in [6.07, 6.45) is 1.75. The van der Waals surface area contributed by atoms with E-state index in [9.17, 15) is 19.2 Å². The SMILES string of the molecule is O=C(O)/C=C/C(=O)Nc1cccc(S[C@H]2CC(=O)N(c3ccc(I)cc3)C2=O)c1. The van der Waals surface area contributed by atoms with Crippen molar-refractivity contribution in [3.05, 3.63) is 64.3 Å². The van der Waals surface area contributed by atoms with E-state index in [4.69, 9.17) is 5.11 Å². The van der Waals surface area contributed by atoms with E-state index < -0.39 is 17.1 Å². The minimum atomic E-state index is -1.22. The van der Waals surface area contributed by atoms with Crippen molar-refractivity contribution in [2.75, 3.05) is 10.2 Å². The Morgan fingerprint density at radius 1 is 1.14 bits per heavy atom. The fourth-order valence-electron chi connectivity index (χ4n) is 2.70. The molecule has 0 bridgehead atoms. The van der Waals surface area contributed by atoms with Crippen LogP contribution in [0.1, 0.15) is 6.42 Å². The van der Waals surface area contributed by atoms with E-state index >= 15 is 0 Å². The molecule has 2 aromatic carbocycles. The Morgan fingerprint density at radius 3 is 2.55 bits per heavy atom. The van der Waals surface area contributed by atoms with E-state index in [-0.39, 0.29) is 18.2 Å². The Bertz CT molecular complexity index is 1010. The fourth-order valence-corrected chi connectivity index (χ4v) is 4.17. The molecular weight excluding hydrogens is 507 g/mol. The standard InChI is InChI=1S/C20H15IN2O5S/c21-12-4-6-14(7-5-12)23-18(25)11-16(20(23)28)29-15-3-1-2-13(10-15)22-17(24)8-9-19(26)27/h1-10,16H,11H2,(H,22,24)(H,26,27)/b9-8+/t16-/m0/s1. The summed E-state index contributed by atoms with van der Waals surface area (Å²) in [6, 6.07) is 14.0. The second kappa shape index (κ2) is 9.23. The molecule has 9 heteroatoms. The van der Waals surface area contributed by atoms with E-state index in [1.165, 1.54) is 16.7 Å². The number of amides is 3. The highest BCUT2D eigenvalue weighted by Crippen LogP contribution is 2.34. The number of carbonyl (C=O) groups excluding carboxylic acids is 3. The number of nitrogens with zero attached hydrogens (tertiary/aromatic N) is 1. The third-order valence-corrected chi connectivity index (χ3v) is 5.85. The Kier molecular flexibility index (Phi) is 6.70. The number of rotatable bonds is 6. The molecule has 2 aromatic rings. The first-order valence-electron chi connectivity index (χ1n) is 8.44. The number of anilines is 2. The maximum absolute atomic E-state index is 12.8. The molecule has 0 unspecified atom stereocenters. The molecule has 1 fully saturated rings. The van der Waals surface area contributed by atoms with Crippen molar-refractivity contribution in [2.45, 2.75) is 16.6 Å². The van der Waals surface area contributed by atoms with Crippen LogP contribution in [-0.2, 0) is 19.2 Å². The zero-order valence-corrected chi connectivity index (χ0v) is 17.8. The predicted molar refractivity (Wildman–Crippen MR) is 118 cm³/mol. The summed E-state index contributed by atoms with van der Waals surface area (Å²) in [5, 5.41) is 10.6. The summed E-state index contributed by atoms with van der Waals surface area (Å²) in [7, 11) is 0. The molecular formula is C20H15IN2O5S. The Balaban J connectivity index is 1.69. The average molecular weight is 522 g/mol. The Labute approximate surface area is 184 Å². The first-order valence-corrected chi connectivity index (χ1v) is 10.4. The number of thioether (sulfide) groups is 1. The molecule has 3 amide bonds. The van der Waals surface area contributed by atoms with Gasteiger partial charge in [0, 0.05) is 32.7 Å². The van der Waals surface area contributed by atoms with Crippen LogP contribution < -0.4 is 10.2 Å². The van der Waals surface area contributed by atoms with Gasteiger partial charge in [0.05, 0.1) is 10.9 Å². The van der Waals surface area contributed by atoms with Crippen LogP contribution in [0.2, 0.25) is 0 Å². The van der Waals surface area contributed by atoms with Gasteiger partial charge in [0.25, 0.3) is 0 Å². The normalized spacial score (nSPS) is 16.4. The van der Waals surface area contributed by atoms with Gasteiger partial charge in [0.15, 0.2) is 0 Å². The molecule has 0 saturated carbocycles. The zero-order valence-electron chi connectivity index (χ0n) is 14.9. The fraction of sp³-hybridized carbons (Fsp3) is 0.100. The number of hydrogen-bond acceptors (Lipinski definition) is 5. The largest absolute Gasteiger partial charge is 0.478 e. The molecule has 0 radical (unpaired) electrons. The molecule has 0 aromatic heterocycles. The van der Waals surface area contributed by atoms with Crippen molar-refractivity contribution in [1.29, 1.82) is 0 Å². The van der Waals surface area contributed by atoms with E-state index in [1.807, 2.05) is 12.1 Å². The van der Waals surface area contributed by atoms with Gasteiger partial charge in [0.1, 0.15) is 0 Å². The molecule has 1 aliphatic heterocycles. The van der Waals surface area contributed by atoms with Gasteiger partial charge in [-0.1, -0.05) is 6.07 Å². The molecule has 29 heavy (non-hydrogen) atoms. The molecule has 1 heterocycles. The topological polar surface area (TPSA) is 104 Å². The highest BCUT2D eigenvalue weighted by molar-refractivity contribution is 14.1. The monoisotopic (exact) mass is 522 g/mol. The van der Waals surface area contributed by atoms with Crippen LogP contribution in [0.25, 0.3) is 0 Å². The molecule has 7 nitrogen and oxygen atoms in total. The minimum absolute atomic E-state index is 0.0907. The number of imide groups is 1. The van der Waals surface area contributed by atoms with Crippen molar-refractivity contribution in [3.8, 4) is 0 Å². The van der Waals surface area contributed by atoms with Crippen LogP contribution in [0.3, 0.4) is 0 Å². The first-order chi connectivity index (χ1) is 13.8. The molecule has 2 N–H and O–H groups in total. The highest BCUT2D eigenvalue weighted by atomic mass is 127.